The Hall–Kier alpha value is -1.86. The summed E-state index contributed by atoms with van der Waals surface area (Å²) in [5.41, 5.74) is 1.68. The molecule has 1 aliphatic rings. The number of benzene rings is 1. The minimum absolute atomic E-state index is 0.00764. The minimum Gasteiger partial charge on any atom is -0.465 e. The average Bonchev–Trinajstić information content (AvgIpc) is 3.13. The molecule has 0 amide bonds. The molecule has 0 saturated heterocycles. The molecule has 5 nitrogen and oxygen atoms in total. The van der Waals surface area contributed by atoms with Gasteiger partial charge in [0.15, 0.2) is 0 Å². The number of carbonyl (C=O) groups is 1. The second kappa shape index (κ2) is 5.40. The summed E-state index contributed by atoms with van der Waals surface area (Å²) in [5, 5.41) is 1.59. The van der Waals surface area contributed by atoms with E-state index in [0.29, 0.717) is 12.2 Å². The van der Waals surface area contributed by atoms with Crippen molar-refractivity contribution in [2.24, 2.45) is 0 Å². The summed E-state index contributed by atoms with van der Waals surface area (Å²) in [6.07, 6.45) is 0. The Morgan fingerprint density at radius 2 is 2.05 bits per heavy atom. The van der Waals surface area contributed by atoms with Crippen LogP contribution in [-0.2, 0) is 14.8 Å². The summed E-state index contributed by atoms with van der Waals surface area (Å²) < 4.78 is 32.0. The highest BCUT2D eigenvalue weighted by Crippen LogP contribution is 2.40. The van der Waals surface area contributed by atoms with Crippen molar-refractivity contribution >= 4 is 33.0 Å². The number of ether oxygens (including phenoxy) is 1. The van der Waals surface area contributed by atoms with Gasteiger partial charge in [-0.1, -0.05) is 25.1 Å². The van der Waals surface area contributed by atoms with Crippen LogP contribution in [0.5, 0.6) is 0 Å². The van der Waals surface area contributed by atoms with Gasteiger partial charge in [0.1, 0.15) is 9.77 Å². The number of carbonyl (C=O) groups excluding carboxylic acids is 1. The van der Waals surface area contributed by atoms with Gasteiger partial charge in [-0.3, -0.25) is 4.31 Å². The van der Waals surface area contributed by atoms with Gasteiger partial charge < -0.3 is 4.74 Å². The van der Waals surface area contributed by atoms with E-state index in [2.05, 4.69) is 4.74 Å². The third-order valence-corrected chi connectivity index (χ3v) is 6.59. The fourth-order valence-corrected chi connectivity index (χ4v) is 5.56. The first-order valence-electron chi connectivity index (χ1n) is 6.74. The number of esters is 1. The van der Waals surface area contributed by atoms with Crippen LogP contribution < -0.4 is 4.31 Å². The van der Waals surface area contributed by atoms with Crippen molar-refractivity contribution in [1.29, 1.82) is 0 Å². The maximum Gasteiger partial charge on any atom is 0.349 e. The molecule has 22 heavy (non-hydrogen) atoms. The highest BCUT2D eigenvalue weighted by molar-refractivity contribution is 7.93. The molecule has 1 aromatic heterocycles. The summed E-state index contributed by atoms with van der Waals surface area (Å²) in [7, 11) is -2.54. The van der Waals surface area contributed by atoms with Crippen LogP contribution in [-0.4, -0.2) is 28.0 Å². The molecule has 116 valence electrons. The second-order valence-electron chi connectivity index (χ2n) is 5.10. The van der Waals surface area contributed by atoms with E-state index in [0.717, 1.165) is 16.9 Å². The van der Waals surface area contributed by atoms with E-state index in [9.17, 15) is 13.2 Å². The summed E-state index contributed by atoms with van der Waals surface area (Å²) in [5.74, 6) is -0.514. The Bertz CT molecular complexity index is 826. The van der Waals surface area contributed by atoms with Gasteiger partial charge in [-0.2, -0.15) is 0 Å². The van der Waals surface area contributed by atoms with Crippen LogP contribution in [0.1, 0.15) is 28.1 Å². The van der Waals surface area contributed by atoms with Crippen LogP contribution in [0.25, 0.3) is 0 Å². The van der Waals surface area contributed by atoms with Crippen LogP contribution in [0.3, 0.4) is 0 Å². The SMILES string of the molecule is COC(=O)c1sccc1S(=O)(=O)N1CC(C)c2ccccc21. The Morgan fingerprint density at radius 1 is 1.32 bits per heavy atom. The van der Waals surface area contributed by atoms with Gasteiger partial charge in [0, 0.05) is 12.5 Å². The standard InChI is InChI=1S/C15H15NO4S2/c1-10-9-16(12-6-4-3-5-11(10)12)22(18,19)13-7-8-21-14(13)15(17)20-2/h3-8,10H,9H2,1-2H3. The number of rotatable bonds is 3. The minimum atomic E-state index is -3.78. The summed E-state index contributed by atoms with van der Waals surface area (Å²) >= 11 is 1.07. The second-order valence-corrected chi connectivity index (χ2v) is 7.85. The number of thiophene rings is 1. The topological polar surface area (TPSA) is 63.7 Å². The van der Waals surface area contributed by atoms with Crippen LogP contribution in [0.4, 0.5) is 5.69 Å². The van der Waals surface area contributed by atoms with Crippen molar-refractivity contribution < 1.29 is 17.9 Å². The van der Waals surface area contributed by atoms with Gasteiger partial charge in [-0.25, -0.2) is 13.2 Å². The molecule has 0 N–H and O–H groups in total. The van der Waals surface area contributed by atoms with E-state index >= 15 is 0 Å². The van der Waals surface area contributed by atoms with E-state index in [1.54, 1.807) is 11.4 Å². The molecule has 0 aliphatic carbocycles. The van der Waals surface area contributed by atoms with E-state index in [-0.39, 0.29) is 15.7 Å². The van der Waals surface area contributed by atoms with E-state index in [4.69, 9.17) is 0 Å². The summed E-state index contributed by atoms with van der Waals surface area (Å²) in [4.78, 5) is 11.9. The Balaban J connectivity index is 2.10. The number of nitrogens with zero attached hydrogens (tertiary/aromatic N) is 1. The lowest BCUT2D eigenvalue weighted by Gasteiger charge is -2.19. The van der Waals surface area contributed by atoms with Gasteiger partial charge in [-0.15, -0.1) is 11.3 Å². The molecular weight excluding hydrogens is 322 g/mol. The molecule has 2 heterocycles. The molecule has 0 fully saturated rings. The number of fused-ring (bicyclic) bond motifs is 1. The quantitative estimate of drug-likeness (QED) is 0.808. The number of hydrogen-bond donors (Lipinski definition) is 0. The molecular formula is C15H15NO4S2. The zero-order valence-corrected chi connectivity index (χ0v) is 13.8. The Kier molecular flexibility index (Phi) is 3.70. The maximum atomic E-state index is 13.0. The van der Waals surface area contributed by atoms with Crippen LogP contribution >= 0.6 is 11.3 Å². The van der Waals surface area contributed by atoms with Gasteiger partial charge in [0.05, 0.1) is 12.8 Å². The molecule has 1 aromatic carbocycles. The fourth-order valence-electron chi connectivity index (χ4n) is 2.67. The molecule has 0 radical (unpaired) electrons. The number of para-hydroxylation sites is 1. The van der Waals surface area contributed by atoms with Gasteiger partial charge in [0.2, 0.25) is 0 Å². The van der Waals surface area contributed by atoms with E-state index in [1.807, 2.05) is 25.1 Å². The number of hydrogen-bond acceptors (Lipinski definition) is 5. The highest BCUT2D eigenvalue weighted by Gasteiger charge is 2.37. The van der Waals surface area contributed by atoms with E-state index < -0.39 is 16.0 Å². The lowest BCUT2D eigenvalue weighted by molar-refractivity contribution is 0.0602. The first-order valence-corrected chi connectivity index (χ1v) is 9.06. The van der Waals surface area contributed by atoms with Crippen molar-refractivity contribution in [3.63, 3.8) is 0 Å². The predicted octanol–water partition coefficient (Wildman–Crippen LogP) is 2.85. The van der Waals surface area contributed by atoms with Crippen molar-refractivity contribution in [3.8, 4) is 0 Å². The summed E-state index contributed by atoms with van der Waals surface area (Å²) in [6, 6.07) is 8.90. The Morgan fingerprint density at radius 3 is 2.77 bits per heavy atom. The molecule has 0 saturated carbocycles. The van der Waals surface area contributed by atoms with Crippen molar-refractivity contribution in [3.05, 3.63) is 46.2 Å². The van der Waals surface area contributed by atoms with Crippen LogP contribution in [0.15, 0.2) is 40.6 Å². The third-order valence-electron chi connectivity index (χ3n) is 3.74. The first-order chi connectivity index (χ1) is 10.5. The molecule has 0 bridgehead atoms. The molecule has 7 heteroatoms. The monoisotopic (exact) mass is 337 g/mol. The molecule has 1 aliphatic heterocycles. The van der Waals surface area contributed by atoms with Gasteiger partial charge in [-0.05, 0) is 23.1 Å². The lowest BCUT2D eigenvalue weighted by atomic mass is 10.0. The van der Waals surface area contributed by atoms with Crippen LogP contribution in [0, 0.1) is 0 Å². The van der Waals surface area contributed by atoms with Gasteiger partial charge in [0.25, 0.3) is 10.0 Å². The number of methoxy groups -OCH3 is 1. The lowest BCUT2D eigenvalue weighted by Crippen LogP contribution is -2.30. The predicted molar refractivity (Wildman–Crippen MR) is 85.0 cm³/mol. The zero-order chi connectivity index (χ0) is 15.9. The normalized spacial score (nSPS) is 17.4. The van der Waals surface area contributed by atoms with E-state index in [1.165, 1.54) is 17.5 Å². The van der Waals surface area contributed by atoms with Crippen molar-refractivity contribution in [1.82, 2.24) is 0 Å². The molecule has 2 aromatic rings. The maximum absolute atomic E-state index is 13.0. The van der Waals surface area contributed by atoms with Crippen molar-refractivity contribution in [2.75, 3.05) is 18.0 Å². The number of sulfonamides is 1. The van der Waals surface area contributed by atoms with Crippen LogP contribution in [0.2, 0.25) is 0 Å². The molecule has 0 spiro atoms. The zero-order valence-electron chi connectivity index (χ0n) is 12.1. The molecule has 1 atom stereocenters. The van der Waals surface area contributed by atoms with Gasteiger partial charge >= 0.3 is 5.97 Å². The Labute approximate surface area is 133 Å². The molecule has 3 rings (SSSR count). The van der Waals surface area contributed by atoms with Crippen molar-refractivity contribution in [2.45, 2.75) is 17.7 Å². The highest BCUT2D eigenvalue weighted by atomic mass is 32.2. The smallest absolute Gasteiger partial charge is 0.349 e. The fraction of sp³-hybridized carbons (Fsp3) is 0.267. The largest absolute Gasteiger partial charge is 0.465 e. The average molecular weight is 337 g/mol. The third kappa shape index (κ3) is 2.21. The molecule has 1 unspecified atom stereocenters. The number of anilines is 1. The first kappa shape index (κ1) is 15.1. The summed E-state index contributed by atoms with van der Waals surface area (Å²) in [6.45, 7) is 2.36.